The summed E-state index contributed by atoms with van der Waals surface area (Å²) in [5, 5.41) is 2.63. The molecule has 0 bridgehead atoms. The van der Waals surface area contributed by atoms with Gasteiger partial charge in [-0.1, -0.05) is 6.08 Å². The lowest BCUT2D eigenvalue weighted by Crippen LogP contribution is -2.23. The lowest BCUT2D eigenvalue weighted by Gasteiger charge is -1.99. The van der Waals surface area contributed by atoms with Crippen molar-refractivity contribution in [1.29, 1.82) is 0 Å². The molecule has 0 spiro atoms. The van der Waals surface area contributed by atoms with Crippen LogP contribution in [0.2, 0.25) is 0 Å². The zero-order valence-electron chi connectivity index (χ0n) is 9.24. The molecule has 0 aliphatic carbocycles. The first-order chi connectivity index (χ1) is 7.63. The van der Waals surface area contributed by atoms with E-state index in [9.17, 15) is 9.59 Å². The van der Waals surface area contributed by atoms with E-state index < -0.39 is 5.97 Å². The van der Waals surface area contributed by atoms with Gasteiger partial charge >= 0.3 is 5.97 Å². The minimum Gasteiger partial charge on any atom is -0.466 e. The van der Waals surface area contributed by atoms with Gasteiger partial charge in [-0.05, 0) is 19.1 Å². The second-order valence-electron chi connectivity index (χ2n) is 3.19. The summed E-state index contributed by atoms with van der Waals surface area (Å²) < 4.78 is 4.40. The van der Waals surface area contributed by atoms with Crippen LogP contribution in [0.25, 0.3) is 0 Å². The van der Waals surface area contributed by atoms with E-state index in [-0.39, 0.29) is 12.5 Å². The molecule has 0 saturated heterocycles. The molecule has 0 unspecified atom stereocenters. The summed E-state index contributed by atoms with van der Waals surface area (Å²) in [5.41, 5.74) is 1.43. The zero-order chi connectivity index (χ0) is 12.0. The Bertz CT molecular complexity index is 407. The molecule has 5 nitrogen and oxygen atoms in total. The predicted octanol–water partition coefficient (Wildman–Crippen LogP) is 0.782. The molecule has 0 aromatic carbocycles. The van der Waals surface area contributed by atoms with Gasteiger partial charge in [0.05, 0.1) is 7.11 Å². The van der Waals surface area contributed by atoms with Crippen molar-refractivity contribution in [3.8, 4) is 0 Å². The molecule has 16 heavy (non-hydrogen) atoms. The average Bonchev–Trinajstić information content (AvgIpc) is 2.70. The minimum absolute atomic E-state index is 0.206. The summed E-state index contributed by atoms with van der Waals surface area (Å²) in [4.78, 5) is 25.1. The Morgan fingerprint density at radius 3 is 2.81 bits per heavy atom. The van der Waals surface area contributed by atoms with E-state index >= 15 is 0 Å². The van der Waals surface area contributed by atoms with Gasteiger partial charge in [0, 0.05) is 18.3 Å². The maximum atomic E-state index is 11.5. The lowest BCUT2D eigenvalue weighted by molar-refractivity contribution is -0.134. The average molecular weight is 222 g/mol. The highest BCUT2D eigenvalue weighted by molar-refractivity contribution is 5.92. The van der Waals surface area contributed by atoms with Crippen molar-refractivity contribution in [3.63, 3.8) is 0 Å². The van der Waals surface area contributed by atoms with Gasteiger partial charge < -0.3 is 15.0 Å². The van der Waals surface area contributed by atoms with Crippen LogP contribution >= 0.6 is 0 Å². The van der Waals surface area contributed by atoms with Gasteiger partial charge in [0.15, 0.2) is 0 Å². The molecule has 5 heteroatoms. The van der Waals surface area contributed by atoms with Crippen LogP contribution in [0.1, 0.15) is 16.2 Å². The maximum absolute atomic E-state index is 11.5. The monoisotopic (exact) mass is 222 g/mol. The molecule has 0 aliphatic heterocycles. The van der Waals surface area contributed by atoms with Gasteiger partial charge in [-0.25, -0.2) is 4.79 Å². The molecule has 1 aromatic rings. The SMILES string of the molecule is COC(=O)/C=C/CNC(=O)c1ccc(C)[nH]1. The number of ether oxygens (including phenoxy) is 1. The summed E-state index contributed by atoms with van der Waals surface area (Å²) in [5.74, 6) is -0.646. The number of aryl methyl sites for hydroxylation is 1. The molecule has 2 N–H and O–H groups in total. The van der Waals surface area contributed by atoms with Crippen LogP contribution in [0.4, 0.5) is 0 Å². The molecule has 0 atom stereocenters. The topological polar surface area (TPSA) is 71.2 Å². The standard InChI is InChI=1S/C11H14N2O3/c1-8-5-6-9(13-8)11(15)12-7-3-4-10(14)16-2/h3-6,13H,7H2,1-2H3,(H,12,15)/b4-3+. The van der Waals surface area contributed by atoms with Crippen molar-refractivity contribution < 1.29 is 14.3 Å². The Morgan fingerprint density at radius 2 is 2.25 bits per heavy atom. The number of rotatable bonds is 4. The van der Waals surface area contributed by atoms with Crippen molar-refractivity contribution in [2.24, 2.45) is 0 Å². The summed E-state index contributed by atoms with van der Waals surface area (Å²) in [6, 6.07) is 3.52. The van der Waals surface area contributed by atoms with Crippen LogP contribution in [-0.2, 0) is 9.53 Å². The number of carbonyl (C=O) groups excluding carboxylic acids is 2. The Labute approximate surface area is 93.5 Å². The highest BCUT2D eigenvalue weighted by Crippen LogP contribution is 1.99. The molecule has 0 fully saturated rings. The molecule has 1 heterocycles. The van der Waals surface area contributed by atoms with Crippen LogP contribution in [0, 0.1) is 6.92 Å². The van der Waals surface area contributed by atoms with Crippen molar-refractivity contribution in [1.82, 2.24) is 10.3 Å². The number of nitrogens with one attached hydrogen (secondary N) is 2. The number of aromatic nitrogens is 1. The van der Waals surface area contributed by atoms with E-state index in [2.05, 4.69) is 15.0 Å². The van der Waals surface area contributed by atoms with Crippen LogP contribution < -0.4 is 5.32 Å². The third-order valence-electron chi connectivity index (χ3n) is 1.91. The van der Waals surface area contributed by atoms with Crippen molar-refractivity contribution >= 4 is 11.9 Å². The Balaban J connectivity index is 2.36. The van der Waals surface area contributed by atoms with E-state index in [1.165, 1.54) is 19.3 Å². The molecular formula is C11H14N2O3. The van der Waals surface area contributed by atoms with E-state index in [1.807, 2.05) is 13.0 Å². The minimum atomic E-state index is -0.440. The highest BCUT2D eigenvalue weighted by atomic mass is 16.5. The second kappa shape index (κ2) is 5.75. The lowest BCUT2D eigenvalue weighted by atomic mass is 10.4. The molecule has 0 saturated carbocycles. The van der Waals surface area contributed by atoms with Crippen LogP contribution in [0.5, 0.6) is 0 Å². The number of hydrogen-bond acceptors (Lipinski definition) is 3. The smallest absolute Gasteiger partial charge is 0.330 e. The summed E-state index contributed by atoms with van der Waals surface area (Å²) >= 11 is 0. The molecule has 86 valence electrons. The van der Waals surface area contributed by atoms with Crippen LogP contribution in [0.15, 0.2) is 24.3 Å². The fraction of sp³-hybridized carbons (Fsp3) is 0.273. The van der Waals surface area contributed by atoms with E-state index in [0.29, 0.717) is 5.69 Å². The second-order valence-corrected chi connectivity index (χ2v) is 3.19. The number of carbonyl (C=O) groups is 2. The highest BCUT2D eigenvalue weighted by Gasteiger charge is 2.04. The van der Waals surface area contributed by atoms with Gasteiger partial charge in [0.2, 0.25) is 0 Å². The summed E-state index contributed by atoms with van der Waals surface area (Å²) in [6.07, 6.45) is 2.79. The fourth-order valence-corrected chi connectivity index (χ4v) is 1.11. The first-order valence-electron chi connectivity index (χ1n) is 4.82. The van der Waals surface area contributed by atoms with Crippen LogP contribution in [0.3, 0.4) is 0 Å². The largest absolute Gasteiger partial charge is 0.466 e. The number of hydrogen-bond donors (Lipinski definition) is 2. The quantitative estimate of drug-likeness (QED) is 0.584. The molecule has 0 aliphatic rings. The fourth-order valence-electron chi connectivity index (χ4n) is 1.11. The molecule has 0 radical (unpaired) electrons. The normalized spacial score (nSPS) is 10.4. The van der Waals surface area contributed by atoms with Gasteiger partial charge in [-0.3, -0.25) is 4.79 Å². The van der Waals surface area contributed by atoms with Gasteiger partial charge in [-0.2, -0.15) is 0 Å². The van der Waals surface area contributed by atoms with Gasteiger partial charge in [-0.15, -0.1) is 0 Å². The number of H-pyrrole nitrogens is 1. The van der Waals surface area contributed by atoms with Crippen molar-refractivity contribution in [2.75, 3.05) is 13.7 Å². The molecule has 1 rings (SSSR count). The molecule has 1 amide bonds. The van der Waals surface area contributed by atoms with E-state index in [0.717, 1.165) is 5.69 Å². The Kier molecular flexibility index (Phi) is 4.32. The first-order valence-corrected chi connectivity index (χ1v) is 4.82. The van der Waals surface area contributed by atoms with Gasteiger partial charge in [0.25, 0.3) is 5.91 Å². The summed E-state index contributed by atoms with van der Waals surface area (Å²) in [7, 11) is 1.30. The number of methoxy groups -OCH3 is 1. The van der Waals surface area contributed by atoms with Gasteiger partial charge in [0.1, 0.15) is 5.69 Å². The van der Waals surface area contributed by atoms with Crippen molar-refractivity contribution in [3.05, 3.63) is 35.7 Å². The molecular weight excluding hydrogens is 208 g/mol. The zero-order valence-corrected chi connectivity index (χ0v) is 9.24. The van der Waals surface area contributed by atoms with E-state index in [4.69, 9.17) is 0 Å². The molecule has 1 aromatic heterocycles. The third kappa shape index (κ3) is 3.61. The predicted molar refractivity (Wildman–Crippen MR) is 59.0 cm³/mol. The third-order valence-corrected chi connectivity index (χ3v) is 1.91. The first kappa shape index (κ1) is 12.0. The Morgan fingerprint density at radius 1 is 1.50 bits per heavy atom. The summed E-state index contributed by atoms with van der Waals surface area (Å²) in [6.45, 7) is 2.15. The Hall–Kier alpha value is -2.04. The number of esters is 1. The van der Waals surface area contributed by atoms with Crippen molar-refractivity contribution in [2.45, 2.75) is 6.92 Å². The van der Waals surface area contributed by atoms with E-state index in [1.54, 1.807) is 6.07 Å². The van der Waals surface area contributed by atoms with Crippen LogP contribution in [-0.4, -0.2) is 30.5 Å². The maximum Gasteiger partial charge on any atom is 0.330 e. The number of amides is 1. The number of aromatic amines is 1.